The van der Waals surface area contributed by atoms with E-state index in [1.54, 1.807) is 24.4 Å². The molecule has 0 bridgehead atoms. The number of rotatable bonds is 8. The molecule has 0 saturated heterocycles. The monoisotopic (exact) mass is 375 g/mol. The predicted molar refractivity (Wildman–Crippen MR) is 107 cm³/mol. The van der Waals surface area contributed by atoms with Crippen LogP contribution in [-0.2, 0) is 0 Å². The number of halogens is 1. The number of nitrogens with one attached hydrogen (secondary N) is 1. The van der Waals surface area contributed by atoms with Gasteiger partial charge in [-0.1, -0.05) is 17.7 Å². The van der Waals surface area contributed by atoms with Crippen molar-refractivity contribution in [2.75, 3.05) is 30.4 Å². The van der Waals surface area contributed by atoms with Gasteiger partial charge in [0.2, 0.25) is 0 Å². The summed E-state index contributed by atoms with van der Waals surface area (Å²) < 4.78 is 1.48. The Kier molecular flexibility index (Phi) is 6.94. The molecule has 8 heteroatoms. The molecule has 7 nitrogen and oxygen atoms in total. The molecule has 2 N–H and O–H groups in total. The molecule has 0 aliphatic carbocycles. The van der Waals surface area contributed by atoms with Crippen LogP contribution < -0.4 is 10.2 Å². The molecule has 26 heavy (non-hydrogen) atoms. The number of nitrogens with zero attached hydrogens (tertiary/aromatic N) is 4. The first-order valence-corrected chi connectivity index (χ1v) is 8.49. The van der Waals surface area contributed by atoms with Crippen LogP contribution in [0.15, 0.2) is 35.5 Å². The molecule has 1 heterocycles. The van der Waals surface area contributed by atoms with Gasteiger partial charge in [0.25, 0.3) is 5.91 Å². The van der Waals surface area contributed by atoms with E-state index in [0.29, 0.717) is 35.1 Å². The third-order valence-corrected chi connectivity index (χ3v) is 3.96. The Morgan fingerprint density at radius 1 is 1.54 bits per heavy atom. The van der Waals surface area contributed by atoms with Gasteiger partial charge in [0.15, 0.2) is 5.82 Å². The second-order valence-electron chi connectivity index (χ2n) is 5.58. The minimum atomic E-state index is -0.359. The number of carbonyl (C=O) groups is 1. The summed E-state index contributed by atoms with van der Waals surface area (Å²) >= 11 is 6.10. The number of aliphatic imine (C=N–C) groups is 1. The van der Waals surface area contributed by atoms with Crippen molar-refractivity contribution >= 4 is 47.6 Å². The number of hydrogen-bond donors (Lipinski definition) is 2. The molecule has 2 aromatic rings. The third kappa shape index (κ3) is 4.50. The van der Waals surface area contributed by atoms with E-state index in [9.17, 15) is 4.79 Å². The molecule has 0 spiro atoms. The minimum Gasteiger partial charge on any atom is -0.396 e. The first-order valence-electron chi connectivity index (χ1n) is 8.11. The number of carbonyl (C=O) groups excluding carboxylic acids is 1. The van der Waals surface area contributed by atoms with Crippen LogP contribution in [0.25, 0.3) is 6.20 Å². The smallest absolute Gasteiger partial charge is 0.261 e. The van der Waals surface area contributed by atoms with Gasteiger partial charge < -0.3 is 15.3 Å². The molecule has 1 amide bonds. The van der Waals surface area contributed by atoms with Gasteiger partial charge in [0, 0.05) is 31.4 Å². The zero-order valence-corrected chi connectivity index (χ0v) is 15.6. The van der Waals surface area contributed by atoms with E-state index in [0.717, 1.165) is 5.69 Å². The van der Waals surface area contributed by atoms with Crippen LogP contribution >= 0.6 is 11.6 Å². The van der Waals surface area contributed by atoms with Crippen molar-refractivity contribution in [2.45, 2.75) is 13.3 Å². The van der Waals surface area contributed by atoms with Crippen molar-refractivity contribution in [3.8, 4) is 0 Å². The number of allylic oxidation sites excluding steroid dienone is 1. The van der Waals surface area contributed by atoms with Crippen molar-refractivity contribution < 1.29 is 9.90 Å². The number of benzene rings is 1. The van der Waals surface area contributed by atoms with Crippen LogP contribution in [0.5, 0.6) is 0 Å². The summed E-state index contributed by atoms with van der Waals surface area (Å²) in [6.07, 6.45) is 5.54. The number of aliphatic hydroxyl groups is 1. The largest absolute Gasteiger partial charge is 0.396 e. The lowest BCUT2D eigenvalue weighted by molar-refractivity contribution is 0.102. The molecular weight excluding hydrogens is 354 g/mol. The third-order valence-electron chi connectivity index (χ3n) is 3.72. The zero-order valence-electron chi connectivity index (χ0n) is 14.8. The van der Waals surface area contributed by atoms with E-state index in [2.05, 4.69) is 22.1 Å². The molecule has 1 aromatic carbocycles. The van der Waals surface area contributed by atoms with Gasteiger partial charge in [-0.05, 0) is 38.3 Å². The van der Waals surface area contributed by atoms with Crippen LogP contribution in [0.2, 0.25) is 5.02 Å². The quantitative estimate of drug-likeness (QED) is 0.692. The Labute approximate surface area is 157 Å². The molecule has 0 aliphatic heterocycles. The first kappa shape index (κ1) is 19.7. The van der Waals surface area contributed by atoms with E-state index in [4.69, 9.17) is 16.7 Å². The highest BCUT2D eigenvalue weighted by Crippen LogP contribution is 2.30. The topological polar surface area (TPSA) is 82.8 Å². The lowest BCUT2D eigenvalue weighted by Gasteiger charge is -2.22. The fraction of sp³-hybridized carbons (Fsp3) is 0.278. The zero-order chi connectivity index (χ0) is 19.1. The standard InChI is InChI=1S/C18H22ClN5O2/c1-4-8-24-17(20-2)14(12-21-24)18(26)22-15-11-13(19)6-7-16(15)23(3)9-5-10-25/h4,6-8,11-12,25H,2,5,9-10H2,1,3H3,(H,22,26)/b8-4-. The van der Waals surface area contributed by atoms with Gasteiger partial charge in [0.1, 0.15) is 5.56 Å². The van der Waals surface area contributed by atoms with Crippen molar-refractivity contribution in [1.82, 2.24) is 9.78 Å². The maximum atomic E-state index is 12.7. The highest BCUT2D eigenvalue weighted by atomic mass is 35.5. The molecule has 0 aliphatic rings. The lowest BCUT2D eigenvalue weighted by atomic mass is 10.2. The predicted octanol–water partition coefficient (Wildman–Crippen LogP) is 3.43. The maximum absolute atomic E-state index is 12.7. The van der Waals surface area contributed by atoms with Gasteiger partial charge in [-0.3, -0.25) is 4.79 Å². The van der Waals surface area contributed by atoms with Gasteiger partial charge in [-0.25, -0.2) is 9.67 Å². The number of aliphatic hydroxyl groups excluding tert-OH is 1. The summed E-state index contributed by atoms with van der Waals surface area (Å²) in [5.41, 5.74) is 1.67. The number of aromatic nitrogens is 2. The van der Waals surface area contributed by atoms with Crippen molar-refractivity contribution in [3.05, 3.63) is 41.1 Å². The van der Waals surface area contributed by atoms with Crippen LogP contribution in [0.1, 0.15) is 23.7 Å². The van der Waals surface area contributed by atoms with E-state index < -0.39 is 0 Å². The van der Waals surface area contributed by atoms with Crippen LogP contribution in [-0.4, -0.2) is 47.7 Å². The summed E-state index contributed by atoms with van der Waals surface area (Å²) in [4.78, 5) is 18.6. The Hall–Kier alpha value is -2.64. The van der Waals surface area contributed by atoms with Crippen LogP contribution in [0.3, 0.4) is 0 Å². The summed E-state index contributed by atoms with van der Waals surface area (Å²) in [6, 6.07) is 5.26. The lowest BCUT2D eigenvalue weighted by Crippen LogP contribution is -2.22. The Morgan fingerprint density at radius 3 is 2.96 bits per heavy atom. The molecule has 0 saturated carbocycles. The molecule has 2 rings (SSSR count). The number of anilines is 2. The molecule has 138 valence electrons. The summed E-state index contributed by atoms with van der Waals surface area (Å²) in [5, 5.41) is 16.5. The van der Waals surface area contributed by atoms with Crippen molar-refractivity contribution in [2.24, 2.45) is 4.99 Å². The average molecular weight is 376 g/mol. The minimum absolute atomic E-state index is 0.0954. The van der Waals surface area contributed by atoms with Crippen LogP contribution in [0, 0.1) is 0 Å². The van der Waals surface area contributed by atoms with E-state index in [1.807, 2.05) is 24.9 Å². The summed E-state index contributed by atoms with van der Waals surface area (Å²) in [6.45, 7) is 6.09. The molecule has 0 atom stereocenters. The summed E-state index contributed by atoms with van der Waals surface area (Å²) in [5.74, 6) is 0.0000380. The highest BCUT2D eigenvalue weighted by molar-refractivity contribution is 6.31. The maximum Gasteiger partial charge on any atom is 0.261 e. The fourth-order valence-corrected chi connectivity index (χ4v) is 2.66. The van der Waals surface area contributed by atoms with Gasteiger partial charge in [-0.2, -0.15) is 5.10 Å². The Morgan fingerprint density at radius 2 is 2.31 bits per heavy atom. The number of amides is 1. The van der Waals surface area contributed by atoms with Gasteiger partial charge >= 0.3 is 0 Å². The highest BCUT2D eigenvalue weighted by Gasteiger charge is 2.18. The van der Waals surface area contributed by atoms with Gasteiger partial charge in [-0.15, -0.1) is 0 Å². The average Bonchev–Trinajstić information content (AvgIpc) is 3.03. The molecule has 1 aromatic heterocycles. The fourth-order valence-electron chi connectivity index (χ4n) is 2.48. The molecular formula is C18H22ClN5O2. The van der Waals surface area contributed by atoms with E-state index >= 15 is 0 Å². The Balaban J connectivity index is 2.32. The first-order chi connectivity index (χ1) is 12.5. The van der Waals surface area contributed by atoms with Crippen molar-refractivity contribution in [3.63, 3.8) is 0 Å². The molecule has 0 unspecified atom stereocenters. The van der Waals surface area contributed by atoms with Crippen LogP contribution in [0.4, 0.5) is 17.2 Å². The number of hydrogen-bond acceptors (Lipinski definition) is 5. The second-order valence-corrected chi connectivity index (χ2v) is 6.02. The second kappa shape index (κ2) is 9.17. The SMILES string of the molecule is C=Nc1c(C(=O)Nc2cc(Cl)ccc2N(C)CCCO)cnn1/C=C\C. The Bertz CT molecular complexity index is 816. The van der Waals surface area contributed by atoms with E-state index in [-0.39, 0.29) is 12.5 Å². The summed E-state index contributed by atoms with van der Waals surface area (Å²) in [7, 11) is 1.88. The van der Waals surface area contributed by atoms with Crippen molar-refractivity contribution in [1.29, 1.82) is 0 Å². The molecule has 0 radical (unpaired) electrons. The molecule has 0 fully saturated rings. The van der Waals surface area contributed by atoms with Gasteiger partial charge in [0.05, 0.1) is 17.6 Å². The normalized spacial score (nSPS) is 10.9. The van der Waals surface area contributed by atoms with E-state index in [1.165, 1.54) is 10.9 Å².